The minimum Gasteiger partial charge on any atom is -0.444 e. The Kier molecular flexibility index (Phi) is 7.22. The van der Waals surface area contributed by atoms with E-state index in [0.717, 1.165) is 13.0 Å². The summed E-state index contributed by atoms with van der Waals surface area (Å²) in [5, 5.41) is 6.55. The van der Waals surface area contributed by atoms with Crippen molar-refractivity contribution < 1.29 is 9.53 Å². The van der Waals surface area contributed by atoms with Gasteiger partial charge in [0.15, 0.2) is 0 Å². The molecular formula is C22H30N2O2. The van der Waals surface area contributed by atoms with Crippen LogP contribution in [0.25, 0.3) is 0 Å². The Morgan fingerprint density at radius 3 is 2.04 bits per heavy atom. The molecule has 0 radical (unpaired) electrons. The van der Waals surface area contributed by atoms with Gasteiger partial charge in [-0.1, -0.05) is 60.7 Å². The lowest BCUT2D eigenvalue weighted by Crippen LogP contribution is -2.50. The van der Waals surface area contributed by atoms with Gasteiger partial charge in [0.05, 0.1) is 6.04 Å². The van der Waals surface area contributed by atoms with Crippen molar-refractivity contribution in [2.45, 2.75) is 58.3 Å². The third-order valence-electron chi connectivity index (χ3n) is 4.08. The van der Waals surface area contributed by atoms with Crippen molar-refractivity contribution in [2.75, 3.05) is 0 Å². The van der Waals surface area contributed by atoms with E-state index in [1.54, 1.807) is 0 Å². The van der Waals surface area contributed by atoms with Crippen LogP contribution in [-0.4, -0.2) is 23.8 Å². The van der Waals surface area contributed by atoms with E-state index < -0.39 is 5.60 Å². The summed E-state index contributed by atoms with van der Waals surface area (Å²) in [5.41, 5.74) is 1.89. The van der Waals surface area contributed by atoms with Crippen molar-refractivity contribution in [3.05, 3.63) is 71.8 Å². The molecule has 140 valence electrons. The number of rotatable bonds is 7. The molecule has 0 aromatic heterocycles. The van der Waals surface area contributed by atoms with Crippen LogP contribution < -0.4 is 10.6 Å². The lowest BCUT2D eigenvalue weighted by atomic mass is 10.00. The van der Waals surface area contributed by atoms with Crippen LogP contribution in [0.15, 0.2) is 60.7 Å². The second-order valence-corrected chi connectivity index (χ2v) is 7.60. The van der Waals surface area contributed by atoms with Crippen molar-refractivity contribution in [3.63, 3.8) is 0 Å². The first kappa shape index (κ1) is 20.0. The maximum absolute atomic E-state index is 12.3. The zero-order valence-electron chi connectivity index (χ0n) is 16.2. The maximum Gasteiger partial charge on any atom is 0.407 e. The number of hydrogen-bond acceptors (Lipinski definition) is 3. The Balaban J connectivity index is 2.02. The van der Waals surface area contributed by atoms with Gasteiger partial charge in [0, 0.05) is 12.6 Å². The average Bonchev–Trinajstić information content (AvgIpc) is 2.59. The Morgan fingerprint density at radius 1 is 0.962 bits per heavy atom. The molecule has 4 nitrogen and oxygen atoms in total. The molecule has 2 atom stereocenters. The summed E-state index contributed by atoms with van der Waals surface area (Å²) >= 11 is 0. The van der Waals surface area contributed by atoms with E-state index in [-0.39, 0.29) is 18.2 Å². The number of amides is 1. The fourth-order valence-electron chi connectivity index (χ4n) is 2.70. The third kappa shape index (κ3) is 7.28. The molecule has 2 N–H and O–H groups in total. The molecule has 2 aromatic carbocycles. The highest BCUT2D eigenvalue weighted by Crippen LogP contribution is 2.11. The van der Waals surface area contributed by atoms with Gasteiger partial charge in [-0.2, -0.15) is 0 Å². The second kappa shape index (κ2) is 9.39. The highest BCUT2D eigenvalue weighted by molar-refractivity contribution is 5.68. The van der Waals surface area contributed by atoms with Gasteiger partial charge in [-0.3, -0.25) is 0 Å². The molecule has 0 bridgehead atoms. The third-order valence-corrected chi connectivity index (χ3v) is 4.08. The average molecular weight is 354 g/mol. The molecule has 0 saturated heterocycles. The maximum atomic E-state index is 12.3. The van der Waals surface area contributed by atoms with Crippen LogP contribution in [0, 0.1) is 0 Å². The van der Waals surface area contributed by atoms with Crippen molar-refractivity contribution in [3.8, 4) is 0 Å². The minimum atomic E-state index is -0.512. The largest absolute Gasteiger partial charge is 0.444 e. The lowest BCUT2D eigenvalue weighted by Gasteiger charge is -2.28. The summed E-state index contributed by atoms with van der Waals surface area (Å²) in [6.45, 7) is 8.46. The van der Waals surface area contributed by atoms with E-state index in [1.807, 2.05) is 57.2 Å². The summed E-state index contributed by atoms with van der Waals surface area (Å²) in [6, 6.07) is 20.4. The first-order valence-electron chi connectivity index (χ1n) is 9.14. The van der Waals surface area contributed by atoms with Gasteiger partial charge in [-0.25, -0.2) is 4.79 Å². The number of benzene rings is 2. The van der Waals surface area contributed by atoms with Crippen molar-refractivity contribution in [2.24, 2.45) is 0 Å². The van der Waals surface area contributed by atoms with Gasteiger partial charge in [0.1, 0.15) is 5.60 Å². The van der Waals surface area contributed by atoms with Gasteiger partial charge in [-0.05, 0) is 45.2 Å². The van der Waals surface area contributed by atoms with Gasteiger partial charge in [-0.15, -0.1) is 0 Å². The second-order valence-electron chi connectivity index (χ2n) is 7.60. The predicted octanol–water partition coefficient (Wildman–Crippen LogP) is 4.30. The predicted molar refractivity (Wildman–Crippen MR) is 106 cm³/mol. The molecule has 2 aromatic rings. The molecule has 0 saturated carbocycles. The fraction of sp³-hybridized carbons (Fsp3) is 0.409. The first-order valence-corrected chi connectivity index (χ1v) is 9.14. The Bertz CT molecular complexity index is 666. The number of carbonyl (C=O) groups excluding carboxylic acids is 1. The number of hydrogen-bond donors (Lipinski definition) is 2. The van der Waals surface area contributed by atoms with E-state index in [1.165, 1.54) is 11.1 Å². The molecule has 0 aliphatic heterocycles. The zero-order valence-corrected chi connectivity index (χ0v) is 16.2. The quantitative estimate of drug-likeness (QED) is 0.779. The van der Waals surface area contributed by atoms with Crippen LogP contribution in [0.4, 0.5) is 4.79 Å². The SMILES string of the molecule is CC(NCc1ccccc1)[C@@H](Cc1ccccc1)NC(=O)OC(C)(C)C. The smallest absolute Gasteiger partial charge is 0.407 e. The molecule has 0 spiro atoms. The van der Waals surface area contributed by atoms with E-state index in [9.17, 15) is 4.79 Å². The summed E-state index contributed by atoms with van der Waals surface area (Å²) < 4.78 is 5.44. The summed E-state index contributed by atoms with van der Waals surface area (Å²) in [7, 11) is 0. The summed E-state index contributed by atoms with van der Waals surface area (Å²) in [4.78, 5) is 12.3. The number of alkyl carbamates (subject to hydrolysis) is 1. The van der Waals surface area contributed by atoms with E-state index in [4.69, 9.17) is 4.74 Å². The van der Waals surface area contributed by atoms with E-state index >= 15 is 0 Å². The van der Waals surface area contributed by atoms with Crippen LogP contribution in [0.3, 0.4) is 0 Å². The summed E-state index contributed by atoms with van der Waals surface area (Å²) in [5.74, 6) is 0. The van der Waals surface area contributed by atoms with Gasteiger partial charge >= 0.3 is 6.09 Å². The van der Waals surface area contributed by atoms with Crippen LogP contribution in [0.2, 0.25) is 0 Å². The Morgan fingerprint density at radius 2 is 1.50 bits per heavy atom. The molecule has 0 fully saturated rings. The fourth-order valence-corrected chi connectivity index (χ4v) is 2.70. The van der Waals surface area contributed by atoms with Crippen molar-refractivity contribution in [1.82, 2.24) is 10.6 Å². The highest BCUT2D eigenvalue weighted by Gasteiger charge is 2.23. The summed E-state index contributed by atoms with van der Waals surface area (Å²) in [6.07, 6.45) is 0.357. The number of carbonyl (C=O) groups is 1. The molecule has 2 rings (SSSR count). The standard InChI is InChI=1S/C22H30N2O2/c1-17(23-16-19-13-9-6-10-14-19)20(15-18-11-7-5-8-12-18)24-21(25)26-22(2,3)4/h5-14,17,20,23H,15-16H2,1-4H3,(H,24,25)/t17?,20-/m1/s1. The lowest BCUT2D eigenvalue weighted by molar-refractivity contribution is 0.0494. The minimum absolute atomic E-state index is 0.0732. The first-order chi connectivity index (χ1) is 12.3. The molecule has 4 heteroatoms. The van der Waals surface area contributed by atoms with Crippen LogP contribution in [0.5, 0.6) is 0 Å². The number of nitrogens with one attached hydrogen (secondary N) is 2. The molecule has 0 aliphatic carbocycles. The number of ether oxygens (including phenoxy) is 1. The van der Waals surface area contributed by atoms with Crippen molar-refractivity contribution in [1.29, 1.82) is 0 Å². The van der Waals surface area contributed by atoms with Crippen LogP contribution in [0.1, 0.15) is 38.8 Å². The molecule has 0 aliphatic rings. The van der Waals surface area contributed by atoms with Gasteiger partial charge in [0.2, 0.25) is 0 Å². The molecule has 0 heterocycles. The van der Waals surface area contributed by atoms with E-state index in [2.05, 4.69) is 41.8 Å². The molecular weight excluding hydrogens is 324 g/mol. The van der Waals surface area contributed by atoms with Gasteiger partial charge < -0.3 is 15.4 Å². The molecule has 1 amide bonds. The van der Waals surface area contributed by atoms with Crippen LogP contribution in [-0.2, 0) is 17.7 Å². The molecule has 1 unspecified atom stereocenters. The van der Waals surface area contributed by atoms with Crippen LogP contribution >= 0.6 is 0 Å². The highest BCUT2D eigenvalue weighted by atomic mass is 16.6. The zero-order chi connectivity index (χ0) is 19.0. The molecule has 26 heavy (non-hydrogen) atoms. The van der Waals surface area contributed by atoms with Gasteiger partial charge in [0.25, 0.3) is 0 Å². The topological polar surface area (TPSA) is 50.4 Å². The van der Waals surface area contributed by atoms with Crippen molar-refractivity contribution >= 4 is 6.09 Å². The monoisotopic (exact) mass is 354 g/mol. The van der Waals surface area contributed by atoms with E-state index in [0.29, 0.717) is 0 Å². The Labute approximate surface area is 157 Å². The normalized spacial score (nSPS) is 13.7. The Hall–Kier alpha value is -2.33.